The Labute approximate surface area is 136 Å². The lowest BCUT2D eigenvalue weighted by molar-refractivity contribution is 0.0764. The first-order chi connectivity index (χ1) is 10.3. The number of fused-ring (bicyclic) bond motifs is 1. The van der Waals surface area contributed by atoms with Crippen LogP contribution < -0.4 is 19.5 Å². The van der Waals surface area contributed by atoms with Crippen LogP contribution in [0.2, 0.25) is 0 Å². The number of carbonyl (C=O) groups excluding carboxylic acids is 1. The van der Waals surface area contributed by atoms with Crippen molar-refractivity contribution in [3.8, 4) is 17.2 Å². The van der Waals surface area contributed by atoms with Gasteiger partial charge in [0.25, 0.3) is 5.91 Å². The molecule has 7 heteroatoms. The van der Waals surface area contributed by atoms with Crippen molar-refractivity contribution in [2.75, 3.05) is 46.5 Å². The van der Waals surface area contributed by atoms with Crippen molar-refractivity contribution in [3.63, 3.8) is 0 Å². The first-order valence-electron chi connectivity index (χ1n) is 7.27. The lowest BCUT2D eigenvalue weighted by Gasteiger charge is -2.24. The zero-order valence-corrected chi connectivity index (χ0v) is 13.4. The zero-order chi connectivity index (χ0) is 14.7. The van der Waals surface area contributed by atoms with Crippen molar-refractivity contribution in [1.29, 1.82) is 0 Å². The molecule has 0 atom stereocenters. The second kappa shape index (κ2) is 7.56. The van der Waals surface area contributed by atoms with Crippen molar-refractivity contribution < 1.29 is 19.0 Å². The van der Waals surface area contributed by atoms with Gasteiger partial charge in [-0.1, -0.05) is 0 Å². The summed E-state index contributed by atoms with van der Waals surface area (Å²) in [6, 6.07) is 3.48. The van der Waals surface area contributed by atoms with Crippen molar-refractivity contribution >= 4 is 18.3 Å². The minimum Gasteiger partial charge on any atom is -0.493 e. The maximum atomic E-state index is 12.7. The third kappa shape index (κ3) is 3.39. The van der Waals surface area contributed by atoms with Crippen LogP contribution in [0.4, 0.5) is 0 Å². The molecule has 1 aromatic rings. The molecule has 0 aliphatic carbocycles. The van der Waals surface area contributed by atoms with Gasteiger partial charge in [-0.15, -0.1) is 12.4 Å². The highest BCUT2D eigenvalue weighted by molar-refractivity contribution is 5.95. The van der Waals surface area contributed by atoms with E-state index in [1.165, 1.54) is 0 Å². The molecular weight excluding hydrogens is 308 g/mol. The highest BCUT2D eigenvalue weighted by Crippen LogP contribution is 2.40. The number of benzene rings is 1. The molecule has 6 nitrogen and oxygen atoms in total. The van der Waals surface area contributed by atoms with Crippen LogP contribution in [0.1, 0.15) is 16.8 Å². The molecular formula is C15H21ClN2O4. The quantitative estimate of drug-likeness (QED) is 0.887. The SMILES string of the molecule is COc1cc(C(=O)N2CCCNCC2)cc2c1OCCO2.Cl. The van der Waals surface area contributed by atoms with Gasteiger partial charge in [-0.05, 0) is 25.1 Å². The Hall–Kier alpha value is -1.66. The summed E-state index contributed by atoms with van der Waals surface area (Å²) in [6.07, 6.45) is 0.966. The van der Waals surface area contributed by atoms with Crippen LogP contribution in [0.15, 0.2) is 12.1 Å². The molecule has 1 fully saturated rings. The average molecular weight is 329 g/mol. The molecule has 1 saturated heterocycles. The summed E-state index contributed by atoms with van der Waals surface area (Å²) in [5.74, 6) is 1.72. The van der Waals surface area contributed by atoms with E-state index in [0.717, 1.165) is 32.6 Å². The van der Waals surface area contributed by atoms with Gasteiger partial charge in [-0.3, -0.25) is 4.79 Å². The summed E-state index contributed by atoms with van der Waals surface area (Å²) >= 11 is 0. The predicted molar refractivity (Wildman–Crippen MR) is 84.6 cm³/mol. The number of methoxy groups -OCH3 is 1. The van der Waals surface area contributed by atoms with Gasteiger partial charge < -0.3 is 24.4 Å². The molecule has 0 unspecified atom stereocenters. The van der Waals surface area contributed by atoms with E-state index in [1.807, 2.05) is 4.90 Å². The Kier molecular flexibility index (Phi) is 5.74. The number of nitrogens with one attached hydrogen (secondary N) is 1. The number of ether oxygens (including phenoxy) is 3. The van der Waals surface area contributed by atoms with Crippen LogP contribution in [0, 0.1) is 0 Å². The van der Waals surface area contributed by atoms with E-state index in [4.69, 9.17) is 14.2 Å². The average Bonchev–Trinajstić information content (AvgIpc) is 2.82. The molecule has 0 bridgehead atoms. The summed E-state index contributed by atoms with van der Waals surface area (Å²) in [7, 11) is 1.57. The van der Waals surface area contributed by atoms with Gasteiger partial charge in [0, 0.05) is 25.2 Å². The van der Waals surface area contributed by atoms with E-state index in [2.05, 4.69) is 5.32 Å². The molecule has 1 aromatic carbocycles. The largest absolute Gasteiger partial charge is 0.493 e. The molecule has 0 aromatic heterocycles. The van der Waals surface area contributed by atoms with Crippen LogP contribution in [0.5, 0.6) is 17.2 Å². The molecule has 0 spiro atoms. The maximum Gasteiger partial charge on any atom is 0.254 e. The van der Waals surface area contributed by atoms with E-state index in [-0.39, 0.29) is 18.3 Å². The minimum atomic E-state index is 0. The van der Waals surface area contributed by atoms with Gasteiger partial charge in [-0.2, -0.15) is 0 Å². The van der Waals surface area contributed by atoms with Crippen LogP contribution >= 0.6 is 12.4 Å². The van der Waals surface area contributed by atoms with Crippen molar-refractivity contribution in [2.24, 2.45) is 0 Å². The molecule has 0 saturated carbocycles. The van der Waals surface area contributed by atoms with E-state index in [1.54, 1.807) is 19.2 Å². The summed E-state index contributed by atoms with van der Waals surface area (Å²) in [6.45, 7) is 4.25. The van der Waals surface area contributed by atoms with Gasteiger partial charge in [-0.25, -0.2) is 0 Å². The predicted octanol–water partition coefficient (Wildman–Crippen LogP) is 1.32. The van der Waals surface area contributed by atoms with E-state index >= 15 is 0 Å². The van der Waals surface area contributed by atoms with Crippen LogP contribution in [-0.2, 0) is 0 Å². The fraction of sp³-hybridized carbons (Fsp3) is 0.533. The minimum absolute atomic E-state index is 0. The van der Waals surface area contributed by atoms with Crippen molar-refractivity contribution in [2.45, 2.75) is 6.42 Å². The first-order valence-corrected chi connectivity index (χ1v) is 7.27. The number of nitrogens with zero attached hydrogens (tertiary/aromatic N) is 1. The first kappa shape index (κ1) is 16.7. The Morgan fingerprint density at radius 1 is 1.23 bits per heavy atom. The van der Waals surface area contributed by atoms with Gasteiger partial charge in [0.05, 0.1) is 7.11 Å². The normalized spacial score (nSPS) is 17.2. The van der Waals surface area contributed by atoms with Gasteiger partial charge in [0.2, 0.25) is 5.75 Å². The van der Waals surface area contributed by atoms with Gasteiger partial charge in [0.15, 0.2) is 11.5 Å². The summed E-state index contributed by atoms with van der Waals surface area (Å²) < 4.78 is 16.5. The zero-order valence-electron chi connectivity index (χ0n) is 12.6. The Morgan fingerprint density at radius 2 is 2.05 bits per heavy atom. The van der Waals surface area contributed by atoms with E-state index in [0.29, 0.717) is 36.0 Å². The second-order valence-electron chi connectivity index (χ2n) is 5.10. The third-order valence-corrected chi connectivity index (χ3v) is 3.70. The summed E-state index contributed by atoms with van der Waals surface area (Å²) in [4.78, 5) is 14.5. The lowest BCUT2D eigenvalue weighted by atomic mass is 10.1. The topological polar surface area (TPSA) is 60.0 Å². The van der Waals surface area contributed by atoms with E-state index in [9.17, 15) is 4.79 Å². The van der Waals surface area contributed by atoms with Gasteiger partial charge in [0.1, 0.15) is 13.2 Å². The molecule has 0 radical (unpaired) electrons. The second-order valence-corrected chi connectivity index (χ2v) is 5.10. The van der Waals surface area contributed by atoms with Crippen molar-refractivity contribution in [3.05, 3.63) is 17.7 Å². The number of rotatable bonds is 2. The number of hydrogen-bond acceptors (Lipinski definition) is 5. The molecule has 2 aliphatic rings. The lowest BCUT2D eigenvalue weighted by Crippen LogP contribution is -2.34. The smallest absolute Gasteiger partial charge is 0.254 e. The van der Waals surface area contributed by atoms with Crippen molar-refractivity contribution in [1.82, 2.24) is 10.2 Å². The number of hydrogen-bond donors (Lipinski definition) is 1. The van der Waals surface area contributed by atoms with Crippen LogP contribution in [0.25, 0.3) is 0 Å². The molecule has 1 N–H and O–H groups in total. The molecule has 1 amide bonds. The molecule has 2 heterocycles. The standard InChI is InChI=1S/C15H20N2O4.ClH/c1-19-12-9-11(10-13-14(12)21-8-7-20-13)15(18)17-5-2-3-16-4-6-17;/h9-10,16H,2-8H2,1H3;1H. The fourth-order valence-electron chi connectivity index (χ4n) is 2.63. The number of halogens is 1. The Balaban J connectivity index is 0.00000176. The molecule has 22 heavy (non-hydrogen) atoms. The molecule has 122 valence electrons. The van der Waals surface area contributed by atoms with Crippen LogP contribution in [0.3, 0.4) is 0 Å². The monoisotopic (exact) mass is 328 g/mol. The highest BCUT2D eigenvalue weighted by Gasteiger charge is 2.23. The number of carbonyl (C=O) groups is 1. The molecule has 3 rings (SSSR count). The summed E-state index contributed by atoms with van der Waals surface area (Å²) in [5.41, 5.74) is 0.581. The molecule has 2 aliphatic heterocycles. The Morgan fingerprint density at radius 3 is 2.86 bits per heavy atom. The third-order valence-electron chi connectivity index (χ3n) is 3.70. The van der Waals surface area contributed by atoms with Gasteiger partial charge >= 0.3 is 0 Å². The Bertz CT molecular complexity index is 513. The maximum absolute atomic E-state index is 12.7. The summed E-state index contributed by atoms with van der Waals surface area (Å²) in [5, 5.41) is 3.29. The van der Waals surface area contributed by atoms with Crippen LogP contribution in [-0.4, -0.2) is 57.3 Å². The number of amides is 1. The van der Waals surface area contributed by atoms with E-state index < -0.39 is 0 Å². The highest BCUT2D eigenvalue weighted by atomic mass is 35.5. The fourth-order valence-corrected chi connectivity index (χ4v) is 2.63.